The molecule has 0 amide bonds. The Morgan fingerprint density at radius 2 is 1.55 bits per heavy atom. The summed E-state index contributed by atoms with van der Waals surface area (Å²) in [5.74, 6) is 0.895. The predicted octanol–water partition coefficient (Wildman–Crippen LogP) is 3.88. The van der Waals surface area contributed by atoms with Gasteiger partial charge in [-0.1, -0.05) is 48.5 Å². The smallest absolute Gasteiger partial charge is 0.118 e. The molecule has 2 rings (SSSR count). The Kier molecular flexibility index (Phi) is 5.39. The molecule has 0 saturated carbocycles. The average molecular weight is 267 g/mol. The van der Waals surface area contributed by atoms with E-state index in [1.165, 1.54) is 11.1 Å². The predicted molar refractivity (Wildman–Crippen MR) is 83.7 cm³/mol. The molecule has 0 N–H and O–H groups in total. The van der Waals surface area contributed by atoms with Gasteiger partial charge in [0, 0.05) is 19.6 Å². The van der Waals surface area contributed by atoms with Crippen molar-refractivity contribution in [1.82, 2.24) is 4.90 Å². The lowest BCUT2D eigenvalue weighted by molar-refractivity contribution is 0.286. The van der Waals surface area contributed by atoms with Crippen LogP contribution in [0.25, 0.3) is 0 Å². The SMILES string of the molecule is C=CCN(Cc1ccccc1)Cc1ccc(OC)cc1. The van der Waals surface area contributed by atoms with Crippen LogP contribution in [0.3, 0.4) is 0 Å². The molecule has 0 aromatic heterocycles. The second-order valence-electron chi connectivity index (χ2n) is 4.79. The Balaban J connectivity index is 2.02. The van der Waals surface area contributed by atoms with Crippen LogP contribution in [0.5, 0.6) is 5.75 Å². The van der Waals surface area contributed by atoms with Gasteiger partial charge >= 0.3 is 0 Å². The van der Waals surface area contributed by atoms with Gasteiger partial charge in [0.15, 0.2) is 0 Å². The Morgan fingerprint density at radius 3 is 2.10 bits per heavy atom. The van der Waals surface area contributed by atoms with Crippen LogP contribution in [0, 0.1) is 0 Å². The maximum atomic E-state index is 5.19. The van der Waals surface area contributed by atoms with Crippen LogP contribution >= 0.6 is 0 Å². The monoisotopic (exact) mass is 267 g/mol. The van der Waals surface area contributed by atoms with E-state index in [0.717, 1.165) is 25.4 Å². The number of hydrogen-bond acceptors (Lipinski definition) is 2. The van der Waals surface area contributed by atoms with Crippen LogP contribution in [-0.2, 0) is 13.1 Å². The fraction of sp³-hybridized carbons (Fsp3) is 0.222. The second-order valence-corrected chi connectivity index (χ2v) is 4.79. The number of benzene rings is 2. The Bertz CT molecular complexity index is 519. The van der Waals surface area contributed by atoms with Crippen LogP contribution in [-0.4, -0.2) is 18.6 Å². The van der Waals surface area contributed by atoms with Gasteiger partial charge in [-0.15, -0.1) is 6.58 Å². The largest absolute Gasteiger partial charge is 0.497 e. The number of nitrogens with zero attached hydrogens (tertiary/aromatic N) is 1. The van der Waals surface area contributed by atoms with Gasteiger partial charge in [-0.2, -0.15) is 0 Å². The third-order valence-electron chi connectivity index (χ3n) is 3.20. The van der Waals surface area contributed by atoms with Gasteiger partial charge in [-0.05, 0) is 23.3 Å². The van der Waals surface area contributed by atoms with Crippen molar-refractivity contribution in [3.8, 4) is 5.75 Å². The molecule has 0 radical (unpaired) electrons. The Labute approximate surface area is 121 Å². The summed E-state index contributed by atoms with van der Waals surface area (Å²) in [6.07, 6.45) is 1.95. The van der Waals surface area contributed by atoms with Gasteiger partial charge in [0.1, 0.15) is 5.75 Å². The van der Waals surface area contributed by atoms with E-state index in [2.05, 4.69) is 47.9 Å². The van der Waals surface area contributed by atoms with Crippen LogP contribution in [0.15, 0.2) is 67.3 Å². The molecular weight excluding hydrogens is 246 g/mol. The molecule has 0 aliphatic carbocycles. The molecule has 0 aliphatic heterocycles. The maximum absolute atomic E-state index is 5.19. The van der Waals surface area contributed by atoms with Crippen molar-refractivity contribution in [2.24, 2.45) is 0 Å². The van der Waals surface area contributed by atoms with E-state index in [-0.39, 0.29) is 0 Å². The molecule has 2 nitrogen and oxygen atoms in total. The third-order valence-corrected chi connectivity index (χ3v) is 3.20. The minimum absolute atomic E-state index is 0.876. The summed E-state index contributed by atoms with van der Waals surface area (Å²) in [5, 5.41) is 0. The lowest BCUT2D eigenvalue weighted by Gasteiger charge is -2.21. The normalized spacial score (nSPS) is 10.5. The van der Waals surface area contributed by atoms with E-state index in [1.807, 2.05) is 24.3 Å². The topological polar surface area (TPSA) is 12.5 Å². The van der Waals surface area contributed by atoms with Gasteiger partial charge in [0.25, 0.3) is 0 Å². The van der Waals surface area contributed by atoms with Crippen molar-refractivity contribution < 1.29 is 4.74 Å². The molecule has 20 heavy (non-hydrogen) atoms. The van der Waals surface area contributed by atoms with Gasteiger partial charge in [-0.25, -0.2) is 0 Å². The van der Waals surface area contributed by atoms with Crippen LogP contribution in [0.1, 0.15) is 11.1 Å². The maximum Gasteiger partial charge on any atom is 0.118 e. The molecule has 0 spiro atoms. The fourth-order valence-electron chi connectivity index (χ4n) is 2.20. The standard InChI is InChI=1S/C18H21NO/c1-3-13-19(14-16-7-5-4-6-8-16)15-17-9-11-18(20-2)12-10-17/h3-12H,1,13-15H2,2H3. The molecule has 0 fully saturated rings. The molecular formula is C18H21NO. The van der Waals surface area contributed by atoms with Crippen molar-refractivity contribution in [1.29, 1.82) is 0 Å². The molecule has 2 aromatic carbocycles. The summed E-state index contributed by atoms with van der Waals surface area (Å²) in [7, 11) is 1.69. The molecule has 0 atom stereocenters. The van der Waals surface area contributed by atoms with E-state index in [9.17, 15) is 0 Å². The number of ether oxygens (including phenoxy) is 1. The zero-order valence-corrected chi connectivity index (χ0v) is 12.0. The molecule has 2 heteroatoms. The number of hydrogen-bond donors (Lipinski definition) is 0. The summed E-state index contributed by atoms with van der Waals surface area (Å²) in [6, 6.07) is 18.7. The summed E-state index contributed by atoms with van der Waals surface area (Å²) >= 11 is 0. The molecule has 2 aromatic rings. The molecule has 0 heterocycles. The molecule has 0 saturated heterocycles. The highest BCUT2D eigenvalue weighted by molar-refractivity contribution is 5.27. The summed E-state index contributed by atoms with van der Waals surface area (Å²) in [4.78, 5) is 2.37. The number of rotatable bonds is 7. The van der Waals surface area contributed by atoms with E-state index in [0.29, 0.717) is 0 Å². The number of methoxy groups -OCH3 is 1. The first kappa shape index (κ1) is 14.4. The van der Waals surface area contributed by atoms with Crippen LogP contribution < -0.4 is 4.74 Å². The van der Waals surface area contributed by atoms with Crippen LogP contribution in [0.4, 0.5) is 0 Å². The van der Waals surface area contributed by atoms with Crippen molar-refractivity contribution >= 4 is 0 Å². The van der Waals surface area contributed by atoms with E-state index >= 15 is 0 Å². The summed E-state index contributed by atoms with van der Waals surface area (Å²) < 4.78 is 5.19. The van der Waals surface area contributed by atoms with Crippen molar-refractivity contribution in [3.63, 3.8) is 0 Å². The Morgan fingerprint density at radius 1 is 0.950 bits per heavy atom. The second kappa shape index (κ2) is 7.51. The van der Waals surface area contributed by atoms with E-state index in [4.69, 9.17) is 4.74 Å². The van der Waals surface area contributed by atoms with E-state index < -0.39 is 0 Å². The van der Waals surface area contributed by atoms with Crippen LogP contribution in [0.2, 0.25) is 0 Å². The molecule has 0 aliphatic rings. The quantitative estimate of drug-likeness (QED) is 0.706. The van der Waals surface area contributed by atoms with Gasteiger partial charge in [0.2, 0.25) is 0 Å². The Hall–Kier alpha value is -2.06. The van der Waals surface area contributed by atoms with Gasteiger partial charge < -0.3 is 4.74 Å². The lowest BCUT2D eigenvalue weighted by Crippen LogP contribution is -2.22. The minimum Gasteiger partial charge on any atom is -0.497 e. The van der Waals surface area contributed by atoms with Crippen molar-refractivity contribution in [2.45, 2.75) is 13.1 Å². The highest BCUT2D eigenvalue weighted by atomic mass is 16.5. The van der Waals surface area contributed by atoms with Gasteiger partial charge in [0.05, 0.1) is 7.11 Å². The molecule has 104 valence electrons. The highest BCUT2D eigenvalue weighted by Crippen LogP contribution is 2.14. The van der Waals surface area contributed by atoms with Crippen molar-refractivity contribution in [3.05, 3.63) is 78.4 Å². The van der Waals surface area contributed by atoms with Gasteiger partial charge in [-0.3, -0.25) is 4.90 Å². The zero-order valence-electron chi connectivity index (χ0n) is 12.0. The first-order valence-corrected chi connectivity index (χ1v) is 6.82. The minimum atomic E-state index is 0.876. The zero-order chi connectivity index (χ0) is 14.2. The van der Waals surface area contributed by atoms with Crippen molar-refractivity contribution in [2.75, 3.05) is 13.7 Å². The summed E-state index contributed by atoms with van der Waals surface area (Å²) in [5.41, 5.74) is 2.60. The average Bonchev–Trinajstić information content (AvgIpc) is 2.49. The lowest BCUT2D eigenvalue weighted by atomic mass is 10.1. The first-order valence-electron chi connectivity index (χ1n) is 6.82. The first-order chi connectivity index (χ1) is 9.81. The van der Waals surface area contributed by atoms with E-state index in [1.54, 1.807) is 7.11 Å². The summed E-state index contributed by atoms with van der Waals surface area (Å²) in [6.45, 7) is 6.56. The highest BCUT2D eigenvalue weighted by Gasteiger charge is 2.05. The molecule has 0 bridgehead atoms. The third kappa shape index (κ3) is 4.25. The fourth-order valence-corrected chi connectivity index (χ4v) is 2.20. The molecule has 0 unspecified atom stereocenters.